The zero-order chi connectivity index (χ0) is 13.1. The second-order valence-corrected chi connectivity index (χ2v) is 4.09. The predicted octanol–water partition coefficient (Wildman–Crippen LogP) is 3.98. The van der Waals surface area contributed by atoms with Crippen LogP contribution in [0.2, 0.25) is 5.15 Å². The summed E-state index contributed by atoms with van der Waals surface area (Å²) in [7, 11) is 0. The van der Waals surface area contributed by atoms with Crippen molar-refractivity contribution in [2.75, 3.05) is 0 Å². The molecule has 2 aromatic rings. The molecule has 6 heteroatoms. The van der Waals surface area contributed by atoms with Crippen molar-refractivity contribution in [1.82, 2.24) is 9.97 Å². The Labute approximate surface area is 113 Å². The topological polar surface area (TPSA) is 38.1 Å². The molecule has 0 aliphatic carbocycles. The minimum Gasteiger partial charge on any atom is -0.254 e. The van der Waals surface area contributed by atoms with Gasteiger partial charge in [0.05, 0.1) is 16.5 Å². The Kier molecular flexibility index (Phi) is 3.77. The minimum absolute atomic E-state index is 0.0651. The molecule has 0 fully saturated rings. The van der Waals surface area contributed by atoms with Gasteiger partial charge in [-0.1, -0.05) is 17.7 Å². The molecule has 0 saturated heterocycles. The molecule has 0 unspecified atom stereocenters. The van der Waals surface area contributed by atoms with Crippen molar-refractivity contribution < 1.29 is 4.39 Å². The summed E-state index contributed by atoms with van der Waals surface area (Å²) >= 11 is 10.2. The Hall–Kier alpha value is -1.68. The average Bonchev–Trinajstić information content (AvgIpc) is 2.34. The molecule has 0 spiro atoms. The van der Waals surface area contributed by atoms with Crippen LogP contribution in [0.3, 0.4) is 0 Å². The molecule has 0 aliphatic rings. The molecule has 0 amide bonds. The van der Waals surface area contributed by atoms with Crippen molar-refractivity contribution in [3.63, 3.8) is 0 Å². The number of halogens is 2. The van der Waals surface area contributed by atoms with Gasteiger partial charge in [0.2, 0.25) is 0 Å². The molecule has 0 bridgehead atoms. The summed E-state index contributed by atoms with van der Waals surface area (Å²) in [4.78, 5) is 11.7. The van der Waals surface area contributed by atoms with Crippen LogP contribution in [0.4, 0.5) is 10.1 Å². The molecular formula is C12H7ClFN3S. The van der Waals surface area contributed by atoms with Gasteiger partial charge in [0, 0.05) is 12.3 Å². The van der Waals surface area contributed by atoms with Gasteiger partial charge in [-0.25, -0.2) is 9.37 Å². The average molecular weight is 280 g/mol. The van der Waals surface area contributed by atoms with E-state index in [9.17, 15) is 4.39 Å². The highest BCUT2D eigenvalue weighted by atomic mass is 35.5. The van der Waals surface area contributed by atoms with Gasteiger partial charge in [-0.15, -0.1) is 0 Å². The van der Waals surface area contributed by atoms with Crippen LogP contribution >= 0.6 is 23.8 Å². The summed E-state index contributed by atoms with van der Waals surface area (Å²) in [5.41, 5.74) is 1.79. The van der Waals surface area contributed by atoms with Crippen LogP contribution in [0, 0.1) is 12.7 Å². The standard InChI is InChI=1S/C12H7ClFN3S/c1-7-2-3-9(15-5-7)10-4-8(14)11(16-6-18)12(13)17-10/h2-5H,1H3. The Balaban J connectivity index is 2.54. The van der Waals surface area contributed by atoms with Crippen LogP contribution in [-0.4, -0.2) is 15.1 Å². The van der Waals surface area contributed by atoms with Gasteiger partial charge in [0.25, 0.3) is 0 Å². The first-order valence-electron chi connectivity index (χ1n) is 4.99. The second kappa shape index (κ2) is 5.31. The van der Waals surface area contributed by atoms with E-state index in [4.69, 9.17) is 11.6 Å². The van der Waals surface area contributed by atoms with E-state index < -0.39 is 5.82 Å². The third-order valence-electron chi connectivity index (χ3n) is 2.23. The lowest BCUT2D eigenvalue weighted by Crippen LogP contribution is -1.91. The van der Waals surface area contributed by atoms with Crippen molar-refractivity contribution in [3.05, 3.63) is 40.9 Å². The quantitative estimate of drug-likeness (QED) is 0.474. The Morgan fingerprint density at radius 2 is 2.17 bits per heavy atom. The van der Waals surface area contributed by atoms with Gasteiger partial charge >= 0.3 is 0 Å². The maximum Gasteiger partial charge on any atom is 0.159 e. The monoisotopic (exact) mass is 279 g/mol. The van der Waals surface area contributed by atoms with Crippen molar-refractivity contribution in [1.29, 1.82) is 0 Å². The minimum atomic E-state index is -0.607. The summed E-state index contributed by atoms with van der Waals surface area (Å²) in [6, 6.07) is 4.82. The number of aliphatic imine (C=N–C) groups is 1. The van der Waals surface area contributed by atoms with Crippen LogP contribution in [0.25, 0.3) is 11.4 Å². The van der Waals surface area contributed by atoms with Gasteiger partial charge < -0.3 is 0 Å². The van der Waals surface area contributed by atoms with Crippen LogP contribution in [-0.2, 0) is 0 Å². The van der Waals surface area contributed by atoms with E-state index in [0.717, 1.165) is 5.56 Å². The molecule has 2 rings (SSSR count). The Bertz CT molecular complexity index is 613. The summed E-state index contributed by atoms with van der Waals surface area (Å²) < 4.78 is 13.7. The lowest BCUT2D eigenvalue weighted by Gasteiger charge is -2.04. The highest BCUT2D eigenvalue weighted by Gasteiger charge is 2.12. The molecule has 18 heavy (non-hydrogen) atoms. The van der Waals surface area contributed by atoms with Crippen molar-refractivity contribution in [2.24, 2.45) is 4.99 Å². The number of nitrogens with zero attached hydrogens (tertiary/aromatic N) is 3. The first-order chi connectivity index (χ1) is 8.61. The van der Waals surface area contributed by atoms with Gasteiger partial charge in [-0.3, -0.25) is 4.98 Å². The van der Waals surface area contributed by atoms with E-state index in [1.165, 1.54) is 6.07 Å². The summed E-state index contributed by atoms with van der Waals surface area (Å²) in [5, 5.41) is 2.00. The first kappa shape index (κ1) is 12.8. The fourth-order valence-electron chi connectivity index (χ4n) is 1.37. The van der Waals surface area contributed by atoms with E-state index >= 15 is 0 Å². The number of thiocarbonyl (C=S) groups is 1. The molecule has 0 atom stereocenters. The molecule has 0 aromatic carbocycles. The number of aryl methyl sites for hydroxylation is 1. The number of isothiocyanates is 1. The van der Waals surface area contributed by atoms with E-state index in [-0.39, 0.29) is 10.8 Å². The number of rotatable bonds is 2. The maximum atomic E-state index is 13.7. The van der Waals surface area contributed by atoms with Crippen molar-refractivity contribution >= 4 is 34.7 Å². The molecule has 90 valence electrons. The summed E-state index contributed by atoms with van der Waals surface area (Å²) in [5.74, 6) is -0.607. The van der Waals surface area contributed by atoms with E-state index in [1.807, 2.05) is 13.0 Å². The smallest absolute Gasteiger partial charge is 0.159 e. The summed E-state index contributed by atoms with van der Waals surface area (Å²) in [6.45, 7) is 1.91. The zero-order valence-corrected chi connectivity index (χ0v) is 10.9. The molecule has 0 radical (unpaired) electrons. The number of pyridine rings is 2. The number of hydrogen-bond acceptors (Lipinski definition) is 4. The third kappa shape index (κ3) is 2.59. The highest BCUT2D eigenvalue weighted by Crippen LogP contribution is 2.29. The maximum absolute atomic E-state index is 13.7. The fourth-order valence-corrected chi connectivity index (χ4v) is 1.69. The van der Waals surface area contributed by atoms with Gasteiger partial charge in [0.15, 0.2) is 11.0 Å². The number of hydrogen-bond donors (Lipinski definition) is 0. The van der Waals surface area contributed by atoms with Crippen molar-refractivity contribution in [2.45, 2.75) is 6.92 Å². The Morgan fingerprint density at radius 1 is 1.39 bits per heavy atom. The molecule has 0 aliphatic heterocycles. The van der Waals surface area contributed by atoms with Crippen LogP contribution < -0.4 is 0 Å². The molecular weight excluding hydrogens is 273 g/mol. The lowest BCUT2D eigenvalue weighted by atomic mass is 10.2. The van der Waals surface area contributed by atoms with Crippen LogP contribution in [0.1, 0.15) is 5.56 Å². The van der Waals surface area contributed by atoms with Gasteiger partial charge in [-0.2, -0.15) is 4.99 Å². The number of aromatic nitrogens is 2. The van der Waals surface area contributed by atoms with Gasteiger partial charge in [-0.05, 0) is 30.8 Å². The molecule has 2 heterocycles. The Morgan fingerprint density at radius 3 is 2.72 bits per heavy atom. The van der Waals surface area contributed by atoms with Crippen LogP contribution in [0.15, 0.2) is 29.4 Å². The van der Waals surface area contributed by atoms with Crippen molar-refractivity contribution in [3.8, 4) is 11.4 Å². The highest BCUT2D eigenvalue weighted by molar-refractivity contribution is 7.78. The molecule has 0 saturated carbocycles. The molecule has 3 nitrogen and oxygen atoms in total. The first-order valence-corrected chi connectivity index (χ1v) is 5.77. The SMILES string of the molecule is Cc1ccc(-c2cc(F)c(N=C=S)c(Cl)n2)nc1. The second-order valence-electron chi connectivity index (χ2n) is 3.55. The van der Waals surface area contributed by atoms with E-state index in [1.54, 1.807) is 12.3 Å². The van der Waals surface area contributed by atoms with E-state index in [2.05, 4.69) is 32.3 Å². The van der Waals surface area contributed by atoms with E-state index in [0.29, 0.717) is 11.4 Å². The zero-order valence-electron chi connectivity index (χ0n) is 9.32. The fraction of sp³-hybridized carbons (Fsp3) is 0.0833. The van der Waals surface area contributed by atoms with Gasteiger partial charge in [0.1, 0.15) is 5.69 Å². The normalized spacial score (nSPS) is 9.94. The summed E-state index contributed by atoms with van der Waals surface area (Å²) in [6.07, 6.45) is 1.67. The van der Waals surface area contributed by atoms with Crippen LogP contribution in [0.5, 0.6) is 0 Å². The third-order valence-corrected chi connectivity index (χ3v) is 2.59. The lowest BCUT2D eigenvalue weighted by molar-refractivity contribution is 0.628. The molecule has 2 aromatic heterocycles. The molecule has 0 N–H and O–H groups in total. The predicted molar refractivity (Wildman–Crippen MR) is 71.9 cm³/mol. The largest absolute Gasteiger partial charge is 0.254 e.